The van der Waals surface area contributed by atoms with Crippen molar-refractivity contribution in [1.82, 2.24) is 0 Å². The van der Waals surface area contributed by atoms with Crippen molar-refractivity contribution in [3.8, 4) is 0 Å². The molecule has 3 nitrogen and oxygen atoms in total. The topological polar surface area (TPSA) is 57.5 Å². The minimum Gasteiger partial charge on any atom is -0.134 e. The van der Waals surface area contributed by atoms with Crippen LogP contribution < -0.4 is 0 Å². The van der Waals surface area contributed by atoms with E-state index >= 15 is 0 Å². The van der Waals surface area contributed by atoms with Gasteiger partial charge in [-0.05, 0) is 0 Å². The van der Waals surface area contributed by atoms with Crippen LogP contribution in [0.1, 0.15) is 0 Å². The molecule has 0 radical (unpaired) electrons. The van der Waals surface area contributed by atoms with Gasteiger partial charge in [0, 0.05) is 10.4 Å². The smallest absolute Gasteiger partial charge is 0.134 e. The van der Waals surface area contributed by atoms with Crippen LogP contribution >= 0.6 is 19.9 Å². The predicted octanol–water partition coefficient (Wildman–Crippen LogP) is 1.04. The van der Waals surface area contributed by atoms with Gasteiger partial charge in [0.1, 0.15) is 0 Å². The zero-order valence-electron chi connectivity index (χ0n) is 4.12. The number of halogens is 1. The highest BCUT2D eigenvalue weighted by Crippen LogP contribution is 1.98. The van der Waals surface area contributed by atoms with Gasteiger partial charge in [-0.15, -0.1) is 28.0 Å². The lowest BCUT2D eigenvalue weighted by Gasteiger charge is -1.55. The van der Waals surface area contributed by atoms with Gasteiger partial charge in [-0.3, -0.25) is 0 Å². The molecular weight excluding hydrogens is 150 g/mol. The molecule has 5 heteroatoms. The Morgan fingerprint density at radius 1 is 1.75 bits per heavy atom. The van der Waals surface area contributed by atoms with Gasteiger partial charge < -0.3 is 0 Å². The van der Waals surface area contributed by atoms with E-state index in [1.807, 2.05) is 0 Å². The van der Waals surface area contributed by atoms with Crippen molar-refractivity contribution >= 4 is 19.9 Å². The van der Waals surface area contributed by atoms with Crippen LogP contribution in [0.2, 0.25) is 0 Å². The van der Waals surface area contributed by atoms with Crippen LogP contribution in [0, 0.1) is 0 Å². The van der Waals surface area contributed by atoms with Crippen LogP contribution in [0.25, 0.3) is 0 Å². The lowest BCUT2D eigenvalue weighted by molar-refractivity contribution is 0.405. The van der Waals surface area contributed by atoms with Crippen molar-refractivity contribution < 1.29 is 14.4 Å². The fourth-order valence-corrected chi connectivity index (χ4v) is 0. The van der Waals surface area contributed by atoms with Crippen LogP contribution in [0.4, 0.5) is 0 Å². The maximum absolute atomic E-state index is 8.70. The van der Waals surface area contributed by atoms with E-state index < -0.39 is 8.25 Å². The Kier molecular flexibility index (Phi) is 13.8. The average molecular weight is 158 g/mol. The monoisotopic (exact) mass is 157 g/mol. The van der Waals surface area contributed by atoms with Gasteiger partial charge in [0.15, 0.2) is 0 Å². The van der Waals surface area contributed by atoms with E-state index in [0.717, 1.165) is 0 Å². The highest BCUT2D eigenvalue weighted by atomic mass is 35.5. The number of alkyl halides is 1. The molecule has 0 saturated carbocycles. The number of allylic oxidation sites excluding steroid dienone is 1. The van der Waals surface area contributed by atoms with Gasteiger partial charge in [0.25, 0.3) is 0 Å². The Morgan fingerprint density at radius 3 is 1.88 bits per heavy atom. The summed E-state index contributed by atoms with van der Waals surface area (Å²) in [6.07, 6.45) is 1.64. The summed E-state index contributed by atoms with van der Waals surface area (Å²) in [5.74, 6) is 0.556. The van der Waals surface area contributed by atoms with E-state index in [1.54, 1.807) is 6.08 Å². The first-order valence-corrected chi connectivity index (χ1v) is 3.37. The molecule has 0 saturated heterocycles. The Hall–Kier alpha value is 0.0500. The second kappa shape index (κ2) is 10.1. The van der Waals surface area contributed by atoms with Crippen LogP contribution in [0.5, 0.6) is 0 Å². The van der Waals surface area contributed by atoms with Crippen LogP contribution in [0.15, 0.2) is 12.7 Å². The minimum atomic E-state index is -2.87. The summed E-state index contributed by atoms with van der Waals surface area (Å²) in [5.41, 5.74) is 0. The van der Waals surface area contributed by atoms with Crippen molar-refractivity contribution in [3.05, 3.63) is 12.7 Å². The van der Waals surface area contributed by atoms with Crippen molar-refractivity contribution in [2.24, 2.45) is 0 Å². The van der Waals surface area contributed by atoms with Crippen LogP contribution in [0.3, 0.4) is 0 Å². The minimum absolute atomic E-state index is 0.556. The standard InChI is InChI=1S/C3H5Cl.HO3P/c1-2-3-4;1-4(2)3/h2H,1,3H2;(H-,1,2,3)/p+1. The second-order valence-corrected chi connectivity index (χ2v) is 1.51. The summed E-state index contributed by atoms with van der Waals surface area (Å²) in [5, 5.41) is 0. The number of hydrogen-bond donors (Lipinski definition) is 2. The lowest BCUT2D eigenvalue weighted by Crippen LogP contribution is -1.45. The Labute approximate surface area is 53.6 Å². The molecule has 0 rings (SSSR count). The maximum Gasteiger partial charge on any atom is 0.692 e. The van der Waals surface area contributed by atoms with E-state index in [2.05, 4.69) is 6.58 Å². The Morgan fingerprint density at radius 2 is 1.88 bits per heavy atom. The van der Waals surface area contributed by atoms with Crippen LogP contribution in [-0.4, -0.2) is 15.7 Å². The molecule has 0 atom stereocenters. The van der Waals surface area contributed by atoms with Gasteiger partial charge in [0.2, 0.25) is 0 Å². The first kappa shape index (κ1) is 10.9. The molecule has 48 valence electrons. The fourth-order valence-electron chi connectivity index (χ4n) is 0. The Balaban J connectivity index is 0. The molecule has 2 N–H and O–H groups in total. The van der Waals surface area contributed by atoms with Gasteiger partial charge >= 0.3 is 8.25 Å². The molecule has 0 aliphatic rings. The fraction of sp³-hybridized carbons (Fsp3) is 0.333. The van der Waals surface area contributed by atoms with E-state index in [1.165, 1.54) is 0 Å². The molecule has 0 aromatic carbocycles. The third kappa shape index (κ3) is 140. The third-order valence-corrected chi connectivity index (χ3v) is 0.327. The maximum atomic E-state index is 8.70. The molecule has 0 aliphatic heterocycles. The van der Waals surface area contributed by atoms with Gasteiger partial charge in [0.05, 0.1) is 0 Å². The number of rotatable bonds is 1. The van der Waals surface area contributed by atoms with Crippen molar-refractivity contribution in [1.29, 1.82) is 0 Å². The van der Waals surface area contributed by atoms with Crippen molar-refractivity contribution in [3.63, 3.8) is 0 Å². The second-order valence-electron chi connectivity index (χ2n) is 0.696. The zero-order chi connectivity index (χ0) is 6.99. The van der Waals surface area contributed by atoms with E-state index in [0.29, 0.717) is 5.88 Å². The average Bonchev–Trinajstić information content (AvgIpc) is 1.65. The summed E-state index contributed by atoms with van der Waals surface area (Å²) >= 11 is 5.07. The molecular formula is C3H7ClO3P+. The molecule has 0 bridgehead atoms. The SMILES string of the molecule is C=CCCl.O=[P+](O)O. The number of hydrogen-bond acceptors (Lipinski definition) is 1. The molecule has 0 aromatic heterocycles. The Bertz CT molecular complexity index is 70.9. The molecule has 0 amide bonds. The summed E-state index contributed by atoms with van der Waals surface area (Å²) in [7, 11) is -2.87. The van der Waals surface area contributed by atoms with Gasteiger partial charge in [-0.25, -0.2) is 0 Å². The predicted molar refractivity (Wildman–Crippen MR) is 33.0 cm³/mol. The quantitative estimate of drug-likeness (QED) is 0.340. The van der Waals surface area contributed by atoms with Crippen LogP contribution in [-0.2, 0) is 4.57 Å². The molecule has 0 aliphatic carbocycles. The van der Waals surface area contributed by atoms with Crippen molar-refractivity contribution in [2.45, 2.75) is 0 Å². The normalized spacial score (nSPS) is 6.38. The summed E-state index contributed by atoms with van der Waals surface area (Å²) in [6, 6.07) is 0. The molecule has 0 unspecified atom stereocenters. The first-order valence-electron chi connectivity index (χ1n) is 1.67. The van der Waals surface area contributed by atoms with Crippen molar-refractivity contribution in [2.75, 3.05) is 5.88 Å². The lowest BCUT2D eigenvalue weighted by atomic mass is 10.8. The van der Waals surface area contributed by atoms with E-state index in [9.17, 15) is 0 Å². The molecule has 0 heterocycles. The molecule has 8 heavy (non-hydrogen) atoms. The third-order valence-electron chi connectivity index (χ3n) is 0.109. The highest BCUT2D eigenvalue weighted by Gasteiger charge is 1.93. The summed E-state index contributed by atoms with van der Waals surface area (Å²) < 4.78 is 8.70. The largest absolute Gasteiger partial charge is 0.692 e. The van der Waals surface area contributed by atoms with E-state index in [-0.39, 0.29) is 0 Å². The molecule has 0 spiro atoms. The summed E-state index contributed by atoms with van der Waals surface area (Å²) in [6.45, 7) is 3.35. The molecule has 0 fully saturated rings. The van der Waals surface area contributed by atoms with E-state index in [4.69, 9.17) is 26.0 Å². The summed E-state index contributed by atoms with van der Waals surface area (Å²) in [4.78, 5) is 14.2. The highest BCUT2D eigenvalue weighted by molar-refractivity contribution is 7.30. The van der Waals surface area contributed by atoms with Gasteiger partial charge in [-0.1, -0.05) is 6.08 Å². The van der Waals surface area contributed by atoms with Gasteiger partial charge in [-0.2, -0.15) is 0 Å². The first-order chi connectivity index (χ1) is 3.65. The molecule has 0 aromatic rings. The zero-order valence-corrected chi connectivity index (χ0v) is 5.77.